The molecule has 0 aliphatic carbocycles. The Morgan fingerprint density at radius 3 is 2.71 bits per heavy atom. The van der Waals surface area contributed by atoms with Gasteiger partial charge in [0.15, 0.2) is 0 Å². The lowest BCUT2D eigenvalue weighted by atomic mass is 10.1. The Kier molecular flexibility index (Phi) is 3.92. The van der Waals surface area contributed by atoms with Crippen molar-refractivity contribution in [2.75, 3.05) is 0 Å². The quantitative estimate of drug-likeness (QED) is 0.894. The van der Waals surface area contributed by atoms with Gasteiger partial charge in [0.1, 0.15) is 0 Å². The number of carbonyl (C=O) groups is 1. The number of carboxylic acids is 1. The van der Waals surface area contributed by atoms with Crippen LogP contribution in [0, 0.1) is 0 Å². The summed E-state index contributed by atoms with van der Waals surface area (Å²) in [6.45, 7) is 0. The minimum atomic E-state index is -1.04. The molecule has 0 aliphatic heterocycles. The zero-order chi connectivity index (χ0) is 10.7. The van der Waals surface area contributed by atoms with Gasteiger partial charge in [0.05, 0.1) is 17.5 Å². The molecule has 0 heterocycles. The van der Waals surface area contributed by atoms with E-state index in [1.807, 2.05) is 0 Å². The largest absolute Gasteiger partial charge is 0.481 e. The summed E-state index contributed by atoms with van der Waals surface area (Å²) < 4.78 is 0.713. The van der Waals surface area contributed by atoms with E-state index < -0.39 is 12.1 Å². The van der Waals surface area contributed by atoms with Crippen molar-refractivity contribution in [2.24, 2.45) is 0 Å². The van der Waals surface area contributed by atoms with Crippen molar-refractivity contribution in [3.05, 3.63) is 33.3 Å². The number of aliphatic hydroxyl groups excluding tert-OH is 1. The molecule has 2 N–H and O–H groups in total. The number of hydrogen-bond donors (Lipinski definition) is 2. The molecule has 1 aromatic rings. The highest BCUT2D eigenvalue weighted by molar-refractivity contribution is 9.10. The van der Waals surface area contributed by atoms with Gasteiger partial charge in [0.2, 0.25) is 0 Å². The summed E-state index contributed by atoms with van der Waals surface area (Å²) in [6, 6.07) is 4.84. The second kappa shape index (κ2) is 4.77. The van der Waals surface area contributed by atoms with Crippen LogP contribution in [-0.2, 0) is 4.79 Å². The maximum atomic E-state index is 10.3. The molecule has 1 atom stereocenters. The van der Waals surface area contributed by atoms with Crippen molar-refractivity contribution in [3.8, 4) is 0 Å². The number of carboxylic acid groups (broad SMARTS) is 1. The van der Waals surface area contributed by atoms with Gasteiger partial charge in [-0.15, -0.1) is 0 Å². The molecule has 5 heteroatoms. The molecule has 0 saturated carbocycles. The number of rotatable bonds is 3. The Morgan fingerprint density at radius 2 is 2.21 bits per heavy atom. The summed E-state index contributed by atoms with van der Waals surface area (Å²) in [5.41, 5.74) is 0.501. The van der Waals surface area contributed by atoms with E-state index in [1.165, 1.54) is 0 Å². The van der Waals surface area contributed by atoms with Gasteiger partial charge in [-0.2, -0.15) is 0 Å². The van der Waals surface area contributed by atoms with Gasteiger partial charge < -0.3 is 10.2 Å². The van der Waals surface area contributed by atoms with Gasteiger partial charge in [0, 0.05) is 4.47 Å². The van der Waals surface area contributed by atoms with E-state index in [0.717, 1.165) is 0 Å². The van der Waals surface area contributed by atoms with Crippen LogP contribution in [0.5, 0.6) is 0 Å². The normalized spacial score (nSPS) is 12.5. The maximum Gasteiger partial charge on any atom is 0.306 e. The number of aliphatic hydroxyl groups is 1. The van der Waals surface area contributed by atoms with Crippen LogP contribution < -0.4 is 0 Å². The molecule has 1 rings (SSSR count). The zero-order valence-corrected chi connectivity index (χ0v) is 9.42. The summed E-state index contributed by atoms with van der Waals surface area (Å²) in [5.74, 6) is -1.04. The van der Waals surface area contributed by atoms with Crippen molar-refractivity contribution in [3.63, 3.8) is 0 Å². The first-order chi connectivity index (χ1) is 6.50. The van der Waals surface area contributed by atoms with E-state index in [9.17, 15) is 9.90 Å². The predicted molar refractivity (Wildman–Crippen MR) is 56.4 cm³/mol. The molecule has 0 spiro atoms. The molecule has 3 nitrogen and oxygen atoms in total. The lowest BCUT2D eigenvalue weighted by Crippen LogP contribution is -2.05. The Labute approximate surface area is 94.4 Å². The van der Waals surface area contributed by atoms with Crippen molar-refractivity contribution in [1.82, 2.24) is 0 Å². The fourth-order valence-electron chi connectivity index (χ4n) is 1.00. The Bertz CT molecular complexity index is 354. The highest BCUT2D eigenvalue weighted by atomic mass is 79.9. The van der Waals surface area contributed by atoms with Crippen LogP contribution in [0.3, 0.4) is 0 Å². The van der Waals surface area contributed by atoms with E-state index in [-0.39, 0.29) is 6.42 Å². The molecule has 0 fully saturated rings. The summed E-state index contributed by atoms with van der Waals surface area (Å²) in [7, 11) is 0. The Hall–Kier alpha value is -0.580. The van der Waals surface area contributed by atoms with Crippen LogP contribution in [0.4, 0.5) is 0 Å². The summed E-state index contributed by atoms with van der Waals surface area (Å²) in [4.78, 5) is 10.3. The molecule has 14 heavy (non-hydrogen) atoms. The summed E-state index contributed by atoms with van der Waals surface area (Å²) in [6.07, 6.45) is -1.34. The second-order valence-corrected chi connectivity index (χ2v) is 4.05. The predicted octanol–water partition coefficient (Wildman–Crippen LogP) is 2.61. The highest BCUT2D eigenvalue weighted by Crippen LogP contribution is 2.27. The standard InChI is InChI=1S/C9H8BrClO3/c10-6-2-1-5(3-7(6)11)8(12)4-9(13)14/h1-3,8,12H,4H2,(H,13,14)/t8-/m0/s1. The topological polar surface area (TPSA) is 57.5 Å². The van der Waals surface area contributed by atoms with E-state index in [1.54, 1.807) is 18.2 Å². The minimum absolute atomic E-state index is 0.321. The maximum absolute atomic E-state index is 10.3. The number of benzene rings is 1. The smallest absolute Gasteiger partial charge is 0.306 e. The molecule has 0 saturated heterocycles. The van der Waals surface area contributed by atoms with Crippen molar-refractivity contribution in [2.45, 2.75) is 12.5 Å². The summed E-state index contributed by atoms with van der Waals surface area (Å²) >= 11 is 8.99. The third-order valence-electron chi connectivity index (χ3n) is 1.70. The van der Waals surface area contributed by atoms with Gasteiger partial charge in [-0.05, 0) is 33.6 Å². The molecule has 0 amide bonds. The van der Waals surface area contributed by atoms with Crippen LogP contribution >= 0.6 is 27.5 Å². The molecule has 0 unspecified atom stereocenters. The van der Waals surface area contributed by atoms with E-state index >= 15 is 0 Å². The first-order valence-corrected chi connectivity index (χ1v) is 5.02. The first-order valence-electron chi connectivity index (χ1n) is 3.85. The van der Waals surface area contributed by atoms with Gasteiger partial charge in [-0.3, -0.25) is 4.79 Å². The van der Waals surface area contributed by atoms with Crippen LogP contribution in [-0.4, -0.2) is 16.2 Å². The van der Waals surface area contributed by atoms with Crippen molar-refractivity contribution in [1.29, 1.82) is 0 Å². The lowest BCUT2D eigenvalue weighted by molar-refractivity contribution is -0.139. The number of halogens is 2. The SMILES string of the molecule is O=C(O)C[C@H](O)c1ccc(Br)c(Cl)c1. The minimum Gasteiger partial charge on any atom is -0.481 e. The second-order valence-electron chi connectivity index (χ2n) is 2.79. The van der Waals surface area contributed by atoms with Crippen molar-refractivity contribution >= 4 is 33.5 Å². The van der Waals surface area contributed by atoms with E-state index in [4.69, 9.17) is 16.7 Å². The molecular formula is C9H8BrClO3. The van der Waals surface area contributed by atoms with Gasteiger partial charge in [-0.1, -0.05) is 17.7 Å². The van der Waals surface area contributed by atoms with Gasteiger partial charge in [-0.25, -0.2) is 0 Å². The lowest BCUT2D eigenvalue weighted by Gasteiger charge is -2.08. The van der Waals surface area contributed by atoms with E-state index in [0.29, 0.717) is 15.1 Å². The highest BCUT2D eigenvalue weighted by Gasteiger charge is 2.12. The Morgan fingerprint density at radius 1 is 1.57 bits per heavy atom. The third-order valence-corrected chi connectivity index (χ3v) is 2.93. The zero-order valence-electron chi connectivity index (χ0n) is 7.08. The molecular weight excluding hydrogens is 271 g/mol. The molecule has 76 valence electrons. The fourth-order valence-corrected chi connectivity index (χ4v) is 1.44. The monoisotopic (exact) mass is 278 g/mol. The summed E-state index contributed by atoms with van der Waals surface area (Å²) in [5, 5.41) is 18.4. The van der Waals surface area contributed by atoms with Crippen LogP contribution in [0.1, 0.15) is 18.1 Å². The Balaban J connectivity index is 2.85. The molecule has 0 aliphatic rings. The van der Waals surface area contributed by atoms with Crippen LogP contribution in [0.2, 0.25) is 5.02 Å². The molecule has 0 bridgehead atoms. The average molecular weight is 280 g/mol. The van der Waals surface area contributed by atoms with Gasteiger partial charge in [0.25, 0.3) is 0 Å². The third kappa shape index (κ3) is 2.97. The van der Waals surface area contributed by atoms with E-state index in [2.05, 4.69) is 15.9 Å². The van der Waals surface area contributed by atoms with Gasteiger partial charge >= 0.3 is 5.97 Å². The van der Waals surface area contributed by atoms with Crippen LogP contribution in [0.25, 0.3) is 0 Å². The first kappa shape index (κ1) is 11.5. The molecule has 0 radical (unpaired) electrons. The number of hydrogen-bond acceptors (Lipinski definition) is 2. The fraction of sp³-hybridized carbons (Fsp3) is 0.222. The molecule has 1 aromatic carbocycles. The molecule has 0 aromatic heterocycles. The van der Waals surface area contributed by atoms with Crippen LogP contribution in [0.15, 0.2) is 22.7 Å². The average Bonchev–Trinajstić information content (AvgIpc) is 2.08. The number of aliphatic carboxylic acids is 1. The van der Waals surface area contributed by atoms with Crippen molar-refractivity contribution < 1.29 is 15.0 Å².